The minimum absolute atomic E-state index is 0.499. The first kappa shape index (κ1) is 10.2. The molecule has 2 N–H and O–H groups in total. The van der Waals surface area contributed by atoms with Crippen molar-refractivity contribution in [2.24, 2.45) is 5.73 Å². The normalized spacial score (nSPS) is 10.7. The lowest BCUT2D eigenvalue weighted by Crippen LogP contribution is -2.06. The monoisotopic (exact) mass is 182 g/mol. The number of nitrogens with two attached hydrogens (primary N) is 1. The number of nitrogens with zero attached hydrogens (tertiary/aromatic N) is 3. The molecule has 0 radical (unpaired) electrons. The summed E-state index contributed by atoms with van der Waals surface area (Å²) >= 11 is 0. The zero-order chi connectivity index (χ0) is 9.68. The number of hydrogen-bond donors (Lipinski definition) is 1. The summed E-state index contributed by atoms with van der Waals surface area (Å²) < 4.78 is 1.94. The van der Waals surface area contributed by atoms with Gasteiger partial charge in [-0.15, -0.1) is 5.10 Å². The molecule has 1 aromatic heterocycles. The molecule has 0 spiro atoms. The molecule has 1 heterocycles. The average Bonchev–Trinajstić information content (AvgIpc) is 2.56. The van der Waals surface area contributed by atoms with E-state index in [0.717, 1.165) is 18.7 Å². The second-order valence-corrected chi connectivity index (χ2v) is 3.11. The molecule has 13 heavy (non-hydrogen) atoms. The van der Waals surface area contributed by atoms with Crippen molar-refractivity contribution in [3.05, 3.63) is 11.4 Å². The number of aryl methyl sites for hydroxylation is 1. The molecular formula is C9H18N4. The zero-order valence-electron chi connectivity index (χ0n) is 8.45. The van der Waals surface area contributed by atoms with Gasteiger partial charge in [0.1, 0.15) is 0 Å². The zero-order valence-corrected chi connectivity index (χ0v) is 8.45. The SMILES string of the molecule is CCCCc1c(CN)nnn1CC. The molecule has 74 valence electrons. The van der Waals surface area contributed by atoms with Gasteiger partial charge in [0.15, 0.2) is 0 Å². The Morgan fingerprint density at radius 1 is 1.38 bits per heavy atom. The maximum atomic E-state index is 5.57. The van der Waals surface area contributed by atoms with Crippen LogP contribution in [0.25, 0.3) is 0 Å². The molecule has 1 rings (SSSR count). The lowest BCUT2D eigenvalue weighted by molar-refractivity contribution is 0.587. The van der Waals surface area contributed by atoms with Crippen molar-refractivity contribution in [2.75, 3.05) is 0 Å². The highest BCUT2D eigenvalue weighted by atomic mass is 15.4. The van der Waals surface area contributed by atoms with Crippen LogP contribution in [-0.4, -0.2) is 15.0 Å². The summed E-state index contributed by atoms with van der Waals surface area (Å²) in [5.41, 5.74) is 7.74. The molecule has 1 aromatic rings. The quantitative estimate of drug-likeness (QED) is 0.741. The first-order valence-corrected chi connectivity index (χ1v) is 4.94. The third kappa shape index (κ3) is 2.28. The maximum absolute atomic E-state index is 5.57. The highest BCUT2D eigenvalue weighted by molar-refractivity contribution is 5.09. The van der Waals surface area contributed by atoms with Crippen LogP contribution in [0.3, 0.4) is 0 Å². The fourth-order valence-electron chi connectivity index (χ4n) is 1.40. The van der Waals surface area contributed by atoms with Gasteiger partial charge in [-0.25, -0.2) is 4.68 Å². The van der Waals surface area contributed by atoms with Crippen LogP contribution in [0.15, 0.2) is 0 Å². The Balaban J connectivity index is 2.78. The van der Waals surface area contributed by atoms with E-state index in [1.165, 1.54) is 18.5 Å². The second kappa shape index (κ2) is 4.97. The van der Waals surface area contributed by atoms with Gasteiger partial charge in [-0.2, -0.15) is 0 Å². The summed E-state index contributed by atoms with van der Waals surface area (Å²) in [6.45, 7) is 5.64. The molecule has 0 fully saturated rings. The van der Waals surface area contributed by atoms with Crippen LogP contribution in [0.4, 0.5) is 0 Å². The van der Waals surface area contributed by atoms with Crippen molar-refractivity contribution in [2.45, 2.75) is 46.2 Å². The summed E-state index contributed by atoms with van der Waals surface area (Å²) in [6, 6.07) is 0. The Labute approximate surface area is 79.1 Å². The first-order valence-electron chi connectivity index (χ1n) is 4.94. The van der Waals surface area contributed by atoms with Gasteiger partial charge < -0.3 is 5.73 Å². The predicted octanol–water partition coefficient (Wildman–Crippen LogP) is 1.10. The third-order valence-corrected chi connectivity index (χ3v) is 2.18. The molecule has 0 saturated carbocycles. The second-order valence-electron chi connectivity index (χ2n) is 3.11. The van der Waals surface area contributed by atoms with Gasteiger partial charge in [0.25, 0.3) is 0 Å². The Kier molecular flexibility index (Phi) is 3.89. The molecule has 0 amide bonds. The van der Waals surface area contributed by atoms with E-state index in [1.807, 2.05) is 4.68 Å². The van der Waals surface area contributed by atoms with Gasteiger partial charge in [0.2, 0.25) is 0 Å². The van der Waals surface area contributed by atoms with Crippen molar-refractivity contribution in [1.82, 2.24) is 15.0 Å². The number of hydrogen-bond acceptors (Lipinski definition) is 3. The molecular weight excluding hydrogens is 164 g/mol. The number of aromatic nitrogens is 3. The highest BCUT2D eigenvalue weighted by Gasteiger charge is 2.08. The molecule has 0 aromatic carbocycles. The number of rotatable bonds is 5. The smallest absolute Gasteiger partial charge is 0.0994 e. The Morgan fingerprint density at radius 3 is 2.69 bits per heavy atom. The van der Waals surface area contributed by atoms with E-state index in [1.54, 1.807) is 0 Å². The largest absolute Gasteiger partial charge is 0.325 e. The number of unbranched alkanes of at least 4 members (excludes halogenated alkanes) is 1. The summed E-state index contributed by atoms with van der Waals surface area (Å²) in [5, 5.41) is 8.09. The first-order chi connectivity index (χ1) is 6.33. The molecule has 0 unspecified atom stereocenters. The van der Waals surface area contributed by atoms with Gasteiger partial charge in [-0.1, -0.05) is 18.6 Å². The third-order valence-electron chi connectivity index (χ3n) is 2.18. The van der Waals surface area contributed by atoms with Crippen LogP contribution in [0.5, 0.6) is 0 Å². The fraction of sp³-hybridized carbons (Fsp3) is 0.778. The molecule has 4 heteroatoms. The fourth-order valence-corrected chi connectivity index (χ4v) is 1.40. The Hall–Kier alpha value is -0.900. The lowest BCUT2D eigenvalue weighted by atomic mass is 10.1. The van der Waals surface area contributed by atoms with E-state index in [2.05, 4.69) is 24.2 Å². The summed E-state index contributed by atoms with van der Waals surface area (Å²) in [7, 11) is 0. The van der Waals surface area contributed by atoms with Crippen molar-refractivity contribution >= 4 is 0 Å². The standard InChI is InChI=1S/C9H18N4/c1-3-5-6-9-8(7-10)11-12-13(9)4-2/h3-7,10H2,1-2H3. The summed E-state index contributed by atoms with van der Waals surface area (Å²) in [6.07, 6.45) is 3.42. The maximum Gasteiger partial charge on any atom is 0.0994 e. The predicted molar refractivity (Wildman–Crippen MR) is 52.2 cm³/mol. The minimum atomic E-state index is 0.499. The molecule has 0 aliphatic heterocycles. The summed E-state index contributed by atoms with van der Waals surface area (Å²) in [4.78, 5) is 0. The van der Waals surface area contributed by atoms with Crippen LogP contribution in [0.2, 0.25) is 0 Å². The van der Waals surface area contributed by atoms with Gasteiger partial charge in [-0.05, 0) is 19.8 Å². The van der Waals surface area contributed by atoms with Crippen LogP contribution in [0, 0.1) is 0 Å². The van der Waals surface area contributed by atoms with E-state index in [4.69, 9.17) is 5.73 Å². The van der Waals surface area contributed by atoms with Gasteiger partial charge in [0, 0.05) is 13.1 Å². The average molecular weight is 182 g/mol. The van der Waals surface area contributed by atoms with Crippen LogP contribution >= 0.6 is 0 Å². The van der Waals surface area contributed by atoms with Crippen LogP contribution in [-0.2, 0) is 19.5 Å². The van der Waals surface area contributed by atoms with Crippen molar-refractivity contribution in [3.8, 4) is 0 Å². The molecule has 0 aliphatic rings. The van der Waals surface area contributed by atoms with E-state index >= 15 is 0 Å². The molecule has 0 bridgehead atoms. The minimum Gasteiger partial charge on any atom is -0.325 e. The highest BCUT2D eigenvalue weighted by Crippen LogP contribution is 2.08. The van der Waals surface area contributed by atoms with Gasteiger partial charge >= 0.3 is 0 Å². The van der Waals surface area contributed by atoms with E-state index in [-0.39, 0.29) is 0 Å². The van der Waals surface area contributed by atoms with Crippen molar-refractivity contribution in [1.29, 1.82) is 0 Å². The van der Waals surface area contributed by atoms with Gasteiger partial charge in [-0.3, -0.25) is 0 Å². The Bertz CT molecular complexity index is 233. The molecule has 0 atom stereocenters. The van der Waals surface area contributed by atoms with E-state index in [0.29, 0.717) is 6.54 Å². The van der Waals surface area contributed by atoms with Crippen molar-refractivity contribution in [3.63, 3.8) is 0 Å². The van der Waals surface area contributed by atoms with E-state index in [9.17, 15) is 0 Å². The summed E-state index contributed by atoms with van der Waals surface area (Å²) in [5.74, 6) is 0. The topological polar surface area (TPSA) is 56.7 Å². The molecule has 0 saturated heterocycles. The van der Waals surface area contributed by atoms with Gasteiger partial charge in [0.05, 0.1) is 11.4 Å². The molecule has 4 nitrogen and oxygen atoms in total. The van der Waals surface area contributed by atoms with Crippen molar-refractivity contribution < 1.29 is 0 Å². The lowest BCUT2D eigenvalue weighted by Gasteiger charge is -2.03. The molecule has 0 aliphatic carbocycles. The van der Waals surface area contributed by atoms with E-state index < -0.39 is 0 Å². The van der Waals surface area contributed by atoms with Crippen LogP contribution in [0.1, 0.15) is 38.1 Å². The Morgan fingerprint density at radius 2 is 2.15 bits per heavy atom. The van der Waals surface area contributed by atoms with Crippen LogP contribution < -0.4 is 5.73 Å².